The van der Waals surface area contributed by atoms with Crippen molar-refractivity contribution in [3.8, 4) is 6.07 Å². The van der Waals surface area contributed by atoms with Crippen molar-refractivity contribution in [2.24, 2.45) is 0 Å². The van der Waals surface area contributed by atoms with Gasteiger partial charge in [-0.25, -0.2) is 9.97 Å². The van der Waals surface area contributed by atoms with Gasteiger partial charge in [0.2, 0.25) is 0 Å². The van der Waals surface area contributed by atoms with E-state index in [1.54, 1.807) is 6.20 Å². The maximum atomic E-state index is 9.32. The summed E-state index contributed by atoms with van der Waals surface area (Å²) in [6.07, 6.45) is 2.67. The molecule has 0 radical (unpaired) electrons. The molecule has 0 unspecified atom stereocenters. The van der Waals surface area contributed by atoms with E-state index in [1.807, 2.05) is 31.2 Å². The van der Waals surface area contributed by atoms with Gasteiger partial charge < -0.3 is 10.3 Å². The van der Waals surface area contributed by atoms with Gasteiger partial charge in [0.1, 0.15) is 17.7 Å². The SMILES string of the molecule is CCc1ncc(CNc2nc3ccc(Br)cc3cc2C#N)[nH]1. The van der Waals surface area contributed by atoms with Crippen LogP contribution in [-0.2, 0) is 13.0 Å². The summed E-state index contributed by atoms with van der Waals surface area (Å²) >= 11 is 3.43. The Morgan fingerprint density at radius 1 is 1.36 bits per heavy atom. The highest BCUT2D eigenvalue weighted by Crippen LogP contribution is 2.23. The fraction of sp³-hybridized carbons (Fsp3) is 0.188. The fourth-order valence-corrected chi connectivity index (χ4v) is 2.60. The molecule has 0 spiro atoms. The van der Waals surface area contributed by atoms with E-state index in [0.29, 0.717) is 17.9 Å². The molecule has 3 aromatic rings. The number of hydrogen-bond donors (Lipinski definition) is 2. The van der Waals surface area contributed by atoms with E-state index in [9.17, 15) is 5.26 Å². The summed E-state index contributed by atoms with van der Waals surface area (Å²) in [5.74, 6) is 1.54. The van der Waals surface area contributed by atoms with Gasteiger partial charge >= 0.3 is 0 Å². The van der Waals surface area contributed by atoms with Crippen LogP contribution in [0.3, 0.4) is 0 Å². The molecule has 110 valence electrons. The van der Waals surface area contributed by atoms with Crippen molar-refractivity contribution in [2.75, 3.05) is 5.32 Å². The van der Waals surface area contributed by atoms with Gasteiger partial charge in [0.25, 0.3) is 0 Å². The van der Waals surface area contributed by atoms with Crippen LogP contribution in [-0.4, -0.2) is 15.0 Å². The molecule has 3 rings (SSSR count). The van der Waals surface area contributed by atoms with Crippen LogP contribution in [0.2, 0.25) is 0 Å². The Hall–Kier alpha value is -2.39. The molecule has 6 heteroatoms. The summed E-state index contributed by atoms with van der Waals surface area (Å²) < 4.78 is 0.968. The number of fused-ring (bicyclic) bond motifs is 1. The van der Waals surface area contributed by atoms with E-state index in [2.05, 4.69) is 42.3 Å². The third kappa shape index (κ3) is 2.95. The maximum absolute atomic E-state index is 9.32. The Kier molecular flexibility index (Phi) is 4.07. The number of nitrogens with zero attached hydrogens (tertiary/aromatic N) is 3. The molecule has 0 amide bonds. The second-order valence-corrected chi connectivity index (χ2v) is 5.81. The number of rotatable bonds is 4. The van der Waals surface area contributed by atoms with Crippen molar-refractivity contribution in [2.45, 2.75) is 19.9 Å². The molecule has 2 N–H and O–H groups in total. The Morgan fingerprint density at radius 2 is 2.23 bits per heavy atom. The molecular weight excluding hydrogens is 342 g/mol. The molecular formula is C16H14BrN5. The van der Waals surface area contributed by atoms with Crippen molar-refractivity contribution in [3.63, 3.8) is 0 Å². The lowest BCUT2D eigenvalue weighted by Gasteiger charge is -2.08. The summed E-state index contributed by atoms with van der Waals surface area (Å²) in [5, 5.41) is 13.5. The van der Waals surface area contributed by atoms with E-state index >= 15 is 0 Å². The lowest BCUT2D eigenvalue weighted by molar-refractivity contribution is 0.963. The second-order valence-electron chi connectivity index (χ2n) is 4.90. The molecule has 2 heterocycles. The van der Waals surface area contributed by atoms with Crippen molar-refractivity contribution in [3.05, 3.63) is 52.0 Å². The zero-order valence-electron chi connectivity index (χ0n) is 12.0. The number of imidazole rings is 1. The zero-order valence-corrected chi connectivity index (χ0v) is 13.6. The first-order valence-corrected chi connectivity index (χ1v) is 7.76. The van der Waals surface area contributed by atoms with Crippen LogP contribution in [0.25, 0.3) is 10.9 Å². The van der Waals surface area contributed by atoms with Crippen LogP contribution in [0.4, 0.5) is 5.82 Å². The van der Waals surface area contributed by atoms with Gasteiger partial charge in [-0.1, -0.05) is 22.9 Å². The van der Waals surface area contributed by atoms with E-state index in [0.717, 1.165) is 33.3 Å². The van der Waals surface area contributed by atoms with Crippen LogP contribution in [0.5, 0.6) is 0 Å². The van der Waals surface area contributed by atoms with E-state index in [-0.39, 0.29) is 0 Å². The third-order valence-electron chi connectivity index (χ3n) is 3.36. The number of H-pyrrole nitrogens is 1. The number of aryl methyl sites for hydroxylation is 1. The average molecular weight is 356 g/mol. The largest absolute Gasteiger partial charge is 0.363 e. The summed E-state index contributed by atoms with van der Waals surface area (Å²) in [7, 11) is 0. The van der Waals surface area contributed by atoms with Crippen molar-refractivity contribution >= 4 is 32.7 Å². The minimum absolute atomic E-state index is 0.529. The van der Waals surface area contributed by atoms with Crippen molar-refractivity contribution in [1.29, 1.82) is 5.26 Å². The number of benzene rings is 1. The lowest BCUT2D eigenvalue weighted by Crippen LogP contribution is -2.04. The number of halogens is 1. The van der Waals surface area contributed by atoms with E-state index < -0.39 is 0 Å². The molecule has 0 saturated carbocycles. The molecule has 0 fully saturated rings. The van der Waals surface area contributed by atoms with Gasteiger partial charge in [-0.05, 0) is 24.3 Å². The molecule has 2 aromatic heterocycles. The van der Waals surface area contributed by atoms with Gasteiger partial charge in [0.05, 0.1) is 29.5 Å². The highest BCUT2D eigenvalue weighted by atomic mass is 79.9. The lowest BCUT2D eigenvalue weighted by atomic mass is 10.1. The predicted octanol–water partition coefficient (Wildman–Crippen LogP) is 3.77. The predicted molar refractivity (Wildman–Crippen MR) is 89.5 cm³/mol. The molecule has 0 saturated heterocycles. The number of aromatic nitrogens is 3. The molecule has 0 aliphatic rings. The van der Waals surface area contributed by atoms with Crippen LogP contribution in [0.15, 0.2) is 34.9 Å². The first-order chi connectivity index (χ1) is 10.7. The summed E-state index contributed by atoms with van der Waals surface area (Å²) in [6, 6.07) is 9.86. The minimum Gasteiger partial charge on any atom is -0.363 e. The number of pyridine rings is 1. The normalized spacial score (nSPS) is 10.6. The Morgan fingerprint density at radius 3 is 2.95 bits per heavy atom. The van der Waals surface area contributed by atoms with Gasteiger partial charge in [-0.15, -0.1) is 0 Å². The van der Waals surface area contributed by atoms with Crippen LogP contribution in [0, 0.1) is 11.3 Å². The van der Waals surface area contributed by atoms with Gasteiger partial charge in [0.15, 0.2) is 0 Å². The highest BCUT2D eigenvalue weighted by molar-refractivity contribution is 9.10. The number of aromatic amines is 1. The van der Waals surface area contributed by atoms with Gasteiger partial charge in [-0.3, -0.25) is 0 Å². The fourth-order valence-electron chi connectivity index (χ4n) is 2.22. The first-order valence-electron chi connectivity index (χ1n) is 6.96. The van der Waals surface area contributed by atoms with Crippen molar-refractivity contribution in [1.82, 2.24) is 15.0 Å². The monoisotopic (exact) mass is 355 g/mol. The molecule has 0 atom stereocenters. The van der Waals surface area contributed by atoms with Crippen molar-refractivity contribution < 1.29 is 0 Å². The molecule has 22 heavy (non-hydrogen) atoms. The number of anilines is 1. The van der Waals surface area contributed by atoms with Gasteiger partial charge in [0, 0.05) is 16.3 Å². The molecule has 1 aromatic carbocycles. The van der Waals surface area contributed by atoms with Crippen LogP contribution < -0.4 is 5.32 Å². The summed E-state index contributed by atoms with van der Waals surface area (Å²) in [6.45, 7) is 2.60. The standard InChI is InChI=1S/C16H14BrN5/c1-2-15-19-8-13(21-15)9-20-16-11(7-18)5-10-6-12(17)3-4-14(10)22-16/h3-6,8H,2,9H2,1H3,(H,19,21)(H,20,22). The Labute approximate surface area is 136 Å². The molecule has 5 nitrogen and oxygen atoms in total. The molecule has 0 aliphatic carbocycles. The smallest absolute Gasteiger partial charge is 0.144 e. The summed E-state index contributed by atoms with van der Waals surface area (Å²) in [4.78, 5) is 12.0. The first kappa shape index (κ1) is 14.5. The number of nitrogens with one attached hydrogen (secondary N) is 2. The minimum atomic E-state index is 0.529. The van der Waals surface area contributed by atoms with Crippen LogP contribution >= 0.6 is 15.9 Å². The topological polar surface area (TPSA) is 77.4 Å². The quantitative estimate of drug-likeness (QED) is 0.746. The number of hydrogen-bond acceptors (Lipinski definition) is 4. The summed E-state index contributed by atoms with van der Waals surface area (Å²) in [5.41, 5.74) is 2.35. The molecule has 0 aliphatic heterocycles. The maximum Gasteiger partial charge on any atom is 0.144 e. The Balaban J connectivity index is 1.89. The highest BCUT2D eigenvalue weighted by Gasteiger charge is 2.08. The third-order valence-corrected chi connectivity index (χ3v) is 3.85. The second kappa shape index (κ2) is 6.16. The number of nitriles is 1. The Bertz CT molecular complexity index is 863. The van der Waals surface area contributed by atoms with Gasteiger partial charge in [-0.2, -0.15) is 5.26 Å². The molecule has 0 bridgehead atoms. The van der Waals surface area contributed by atoms with Crippen LogP contribution in [0.1, 0.15) is 24.0 Å². The zero-order chi connectivity index (χ0) is 15.5. The van der Waals surface area contributed by atoms with E-state index in [1.165, 1.54) is 0 Å². The van der Waals surface area contributed by atoms with E-state index in [4.69, 9.17) is 0 Å². The average Bonchev–Trinajstić information content (AvgIpc) is 3.00.